The first-order valence-electron chi connectivity index (χ1n) is 4.36. The van der Waals surface area contributed by atoms with Crippen molar-refractivity contribution in [3.8, 4) is 17.0 Å². The second kappa shape index (κ2) is 3.92. The Bertz CT molecular complexity index is 394. The minimum Gasteiger partial charge on any atom is -0.497 e. The van der Waals surface area contributed by atoms with Gasteiger partial charge in [-0.05, 0) is 42.5 Å². The zero-order valence-corrected chi connectivity index (χ0v) is 7.90. The third-order valence-corrected chi connectivity index (χ3v) is 1.99. The zero-order chi connectivity index (χ0) is 9.80. The van der Waals surface area contributed by atoms with Gasteiger partial charge in [0.25, 0.3) is 0 Å². The normalized spacial score (nSPS) is 9.79. The lowest BCUT2D eigenvalue weighted by Crippen LogP contribution is -1.84. The van der Waals surface area contributed by atoms with E-state index in [1.807, 2.05) is 30.3 Å². The summed E-state index contributed by atoms with van der Waals surface area (Å²) in [7, 11) is 1.66. The van der Waals surface area contributed by atoms with Crippen molar-refractivity contribution in [1.29, 1.82) is 0 Å². The van der Waals surface area contributed by atoms with Crippen molar-refractivity contribution < 1.29 is 4.74 Å². The topological polar surface area (TPSA) is 22.1 Å². The van der Waals surface area contributed by atoms with Gasteiger partial charge in [0.1, 0.15) is 5.75 Å². The molecule has 0 bridgehead atoms. The Labute approximate surface area is 83.2 Å². The van der Waals surface area contributed by atoms with Gasteiger partial charge in [0.05, 0.1) is 12.8 Å². The fourth-order valence-corrected chi connectivity index (χ4v) is 1.24. The Kier molecular flexibility index (Phi) is 2.45. The quantitative estimate of drug-likeness (QED) is 0.715. The summed E-state index contributed by atoms with van der Waals surface area (Å²) in [6.45, 7) is 0. The van der Waals surface area contributed by atoms with Crippen molar-refractivity contribution in [2.75, 3.05) is 7.11 Å². The lowest BCUT2D eigenvalue weighted by Gasteiger charge is -2.01. The monoisotopic (exact) mass is 184 g/mol. The lowest BCUT2D eigenvalue weighted by atomic mass is 10.1. The third-order valence-electron chi connectivity index (χ3n) is 1.99. The highest BCUT2D eigenvalue weighted by atomic mass is 16.5. The molecule has 0 saturated carbocycles. The Hall–Kier alpha value is -1.83. The van der Waals surface area contributed by atoms with Crippen molar-refractivity contribution in [2.24, 2.45) is 0 Å². The number of rotatable bonds is 2. The molecular weight excluding hydrogens is 174 g/mol. The smallest absolute Gasteiger partial charge is 0.118 e. The summed E-state index contributed by atoms with van der Waals surface area (Å²) in [6.07, 6.45) is 1.74. The highest BCUT2D eigenvalue weighted by Crippen LogP contribution is 2.19. The second-order valence-electron chi connectivity index (χ2n) is 2.87. The fraction of sp³-hybridized carbons (Fsp3) is 0.0833. The van der Waals surface area contributed by atoms with Crippen molar-refractivity contribution in [1.82, 2.24) is 4.98 Å². The highest BCUT2D eigenvalue weighted by Gasteiger charge is 1.97. The van der Waals surface area contributed by atoms with E-state index in [1.54, 1.807) is 19.4 Å². The van der Waals surface area contributed by atoms with Gasteiger partial charge < -0.3 is 4.74 Å². The number of ether oxygens (including phenoxy) is 1. The van der Waals surface area contributed by atoms with Gasteiger partial charge in [0.2, 0.25) is 0 Å². The molecule has 0 aliphatic heterocycles. The first-order valence-corrected chi connectivity index (χ1v) is 4.36. The standard InChI is InChI=1S/C12H10NO/c1-14-11-7-5-10(6-8-11)12-4-2-3-9-13-12/h3-9H,1H3. The van der Waals surface area contributed by atoms with E-state index in [9.17, 15) is 0 Å². The molecule has 0 amide bonds. The summed E-state index contributed by atoms with van der Waals surface area (Å²) >= 11 is 0. The number of hydrogen-bond donors (Lipinski definition) is 0. The van der Waals surface area contributed by atoms with Crippen LogP contribution >= 0.6 is 0 Å². The van der Waals surface area contributed by atoms with E-state index in [0.717, 1.165) is 17.0 Å². The maximum atomic E-state index is 5.08. The number of aromatic nitrogens is 1. The van der Waals surface area contributed by atoms with E-state index in [4.69, 9.17) is 4.74 Å². The number of nitrogens with zero attached hydrogens (tertiary/aromatic N) is 1. The molecule has 0 saturated heterocycles. The van der Waals surface area contributed by atoms with E-state index in [-0.39, 0.29) is 0 Å². The number of pyridine rings is 1. The second-order valence-corrected chi connectivity index (χ2v) is 2.87. The first kappa shape index (κ1) is 8.75. The average molecular weight is 184 g/mol. The maximum Gasteiger partial charge on any atom is 0.118 e. The highest BCUT2D eigenvalue weighted by molar-refractivity contribution is 5.59. The van der Waals surface area contributed by atoms with Gasteiger partial charge in [0, 0.05) is 11.8 Å². The molecule has 1 radical (unpaired) electrons. The lowest BCUT2D eigenvalue weighted by molar-refractivity contribution is 0.415. The third kappa shape index (κ3) is 1.74. The maximum absolute atomic E-state index is 5.08. The number of methoxy groups -OCH3 is 1. The molecule has 69 valence electrons. The summed E-state index contributed by atoms with van der Waals surface area (Å²) in [4.78, 5) is 4.23. The van der Waals surface area contributed by atoms with Crippen LogP contribution in [-0.4, -0.2) is 12.1 Å². The molecule has 2 aromatic rings. The van der Waals surface area contributed by atoms with Gasteiger partial charge >= 0.3 is 0 Å². The Morgan fingerprint density at radius 2 is 2.00 bits per heavy atom. The van der Waals surface area contributed by atoms with Crippen LogP contribution in [-0.2, 0) is 0 Å². The molecule has 0 N–H and O–H groups in total. The number of hydrogen-bond acceptors (Lipinski definition) is 2. The van der Waals surface area contributed by atoms with Gasteiger partial charge in [-0.2, -0.15) is 0 Å². The van der Waals surface area contributed by atoms with E-state index in [1.165, 1.54) is 0 Å². The number of benzene rings is 1. The van der Waals surface area contributed by atoms with Crippen LogP contribution in [0.5, 0.6) is 5.75 Å². The van der Waals surface area contributed by atoms with Gasteiger partial charge in [-0.25, -0.2) is 0 Å². The molecule has 1 aromatic heterocycles. The molecule has 2 nitrogen and oxygen atoms in total. The molecule has 2 heteroatoms. The SMILES string of the molecule is COc1ccc(-c2c[c]ccn2)cc1. The molecule has 14 heavy (non-hydrogen) atoms. The molecule has 1 heterocycles. The van der Waals surface area contributed by atoms with Gasteiger partial charge in [0.15, 0.2) is 0 Å². The van der Waals surface area contributed by atoms with Crippen LogP contribution in [0, 0.1) is 6.07 Å². The molecule has 0 fully saturated rings. The van der Waals surface area contributed by atoms with Crippen LogP contribution in [0.15, 0.2) is 42.6 Å². The predicted molar refractivity (Wildman–Crippen MR) is 55.1 cm³/mol. The Balaban J connectivity index is 2.34. The molecule has 0 aliphatic carbocycles. The van der Waals surface area contributed by atoms with E-state index >= 15 is 0 Å². The van der Waals surface area contributed by atoms with Gasteiger partial charge in [-0.1, -0.05) is 0 Å². The predicted octanol–water partition coefficient (Wildman–Crippen LogP) is 2.56. The van der Waals surface area contributed by atoms with E-state index < -0.39 is 0 Å². The van der Waals surface area contributed by atoms with Gasteiger partial charge in [-0.15, -0.1) is 0 Å². The van der Waals surface area contributed by atoms with Crippen LogP contribution in [0.3, 0.4) is 0 Å². The van der Waals surface area contributed by atoms with Crippen molar-refractivity contribution in [3.05, 3.63) is 48.7 Å². The molecule has 0 spiro atoms. The molecule has 0 atom stereocenters. The zero-order valence-electron chi connectivity index (χ0n) is 7.90. The van der Waals surface area contributed by atoms with Crippen molar-refractivity contribution in [3.63, 3.8) is 0 Å². The summed E-state index contributed by atoms with van der Waals surface area (Å²) in [5.41, 5.74) is 2.00. The molecular formula is C12H10NO. The summed E-state index contributed by atoms with van der Waals surface area (Å²) in [5, 5.41) is 0. The largest absolute Gasteiger partial charge is 0.497 e. The molecule has 2 rings (SSSR count). The van der Waals surface area contributed by atoms with Crippen LogP contribution in [0.25, 0.3) is 11.3 Å². The van der Waals surface area contributed by atoms with Crippen molar-refractivity contribution >= 4 is 0 Å². The Morgan fingerprint density at radius 3 is 2.57 bits per heavy atom. The van der Waals surface area contributed by atoms with Crippen molar-refractivity contribution in [2.45, 2.75) is 0 Å². The summed E-state index contributed by atoms with van der Waals surface area (Å²) < 4.78 is 5.08. The van der Waals surface area contributed by atoms with Gasteiger partial charge in [-0.3, -0.25) is 4.98 Å². The Morgan fingerprint density at radius 1 is 1.21 bits per heavy atom. The van der Waals surface area contributed by atoms with Crippen LogP contribution in [0.2, 0.25) is 0 Å². The summed E-state index contributed by atoms with van der Waals surface area (Å²) in [6, 6.07) is 14.4. The van der Waals surface area contributed by atoms with E-state index in [0.29, 0.717) is 0 Å². The molecule has 0 aliphatic rings. The minimum absolute atomic E-state index is 0.855. The average Bonchev–Trinajstić information content (AvgIpc) is 2.30. The molecule has 0 unspecified atom stereocenters. The molecule has 1 aromatic carbocycles. The van der Waals surface area contributed by atoms with Crippen LogP contribution in [0.4, 0.5) is 0 Å². The summed E-state index contributed by atoms with van der Waals surface area (Å²) in [5.74, 6) is 0.855. The minimum atomic E-state index is 0.855. The van der Waals surface area contributed by atoms with E-state index in [2.05, 4.69) is 11.1 Å². The first-order chi connectivity index (χ1) is 6.90. The fourth-order valence-electron chi connectivity index (χ4n) is 1.24. The van der Waals surface area contributed by atoms with Crippen LogP contribution < -0.4 is 4.74 Å². The van der Waals surface area contributed by atoms with Crippen LogP contribution in [0.1, 0.15) is 0 Å².